The highest BCUT2D eigenvalue weighted by Gasteiger charge is 2.18. The number of fused-ring (bicyclic) bond motifs is 1. The molecule has 1 heterocycles. The van der Waals surface area contributed by atoms with E-state index in [1.807, 2.05) is 6.92 Å². The van der Waals surface area contributed by atoms with Crippen molar-refractivity contribution in [2.45, 2.75) is 25.8 Å². The second-order valence-electron chi connectivity index (χ2n) is 4.35. The number of aromatic carboxylic acids is 1. The van der Waals surface area contributed by atoms with Crippen LogP contribution in [0.4, 0.5) is 4.39 Å². The van der Waals surface area contributed by atoms with Crippen molar-refractivity contribution in [2.75, 3.05) is 0 Å². The van der Waals surface area contributed by atoms with Crippen LogP contribution in [0, 0.1) is 5.82 Å². The fourth-order valence-corrected chi connectivity index (χ4v) is 2.02. The van der Waals surface area contributed by atoms with Crippen molar-refractivity contribution in [1.29, 1.82) is 0 Å². The van der Waals surface area contributed by atoms with E-state index in [-0.39, 0.29) is 17.6 Å². The molecule has 0 saturated heterocycles. The van der Waals surface area contributed by atoms with E-state index in [1.165, 1.54) is 18.2 Å². The SMILES string of the molecule is CCC(N)Cc1c(C(=O)O)[nH]c2ccc(F)cc12. The maximum Gasteiger partial charge on any atom is 0.352 e. The molecule has 4 nitrogen and oxygen atoms in total. The van der Waals surface area contributed by atoms with E-state index in [0.29, 0.717) is 22.9 Å². The Morgan fingerprint density at radius 1 is 1.56 bits per heavy atom. The van der Waals surface area contributed by atoms with Crippen LogP contribution >= 0.6 is 0 Å². The third-order valence-electron chi connectivity index (χ3n) is 3.07. The van der Waals surface area contributed by atoms with Crippen LogP contribution in [0.15, 0.2) is 18.2 Å². The summed E-state index contributed by atoms with van der Waals surface area (Å²) in [7, 11) is 0. The fraction of sp³-hybridized carbons (Fsp3) is 0.308. The average Bonchev–Trinajstić information content (AvgIpc) is 2.67. The maximum absolute atomic E-state index is 13.3. The molecule has 2 rings (SSSR count). The molecule has 4 N–H and O–H groups in total. The van der Waals surface area contributed by atoms with Gasteiger partial charge in [-0.15, -0.1) is 0 Å². The quantitative estimate of drug-likeness (QED) is 0.778. The lowest BCUT2D eigenvalue weighted by molar-refractivity contribution is 0.0690. The molecular weight excluding hydrogens is 235 g/mol. The Bertz CT molecular complexity index is 592. The number of carboxylic acids is 1. The predicted octanol–water partition coefficient (Wildman–Crippen LogP) is 2.29. The number of aromatic nitrogens is 1. The van der Waals surface area contributed by atoms with E-state index in [1.54, 1.807) is 0 Å². The summed E-state index contributed by atoms with van der Waals surface area (Å²) in [4.78, 5) is 14.0. The summed E-state index contributed by atoms with van der Waals surface area (Å²) >= 11 is 0. The van der Waals surface area contributed by atoms with E-state index in [4.69, 9.17) is 10.8 Å². The third-order valence-corrected chi connectivity index (χ3v) is 3.07. The van der Waals surface area contributed by atoms with Gasteiger partial charge in [-0.05, 0) is 36.6 Å². The molecule has 0 fully saturated rings. The Labute approximate surface area is 104 Å². The summed E-state index contributed by atoms with van der Waals surface area (Å²) in [6, 6.07) is 4.05. The van der Waals surface area contributed by atoms with Gasteiger partial charge in [0.25, 0.3) is 0 Å². The number of benzene rings is 1. The van der Waals surface area contributed by atoms with Gasteiger partial charge in [0.05, 0.1) is 0 Å². The molecule has 18 heavy (non-hydrogen) atoms. The van der Waals surface area contributed by atoms with E-state index >= 15 is 0 Å². The summed E-state index contributed by atoms with van der Waals surface area (Å²) in [6.45, 7) is 1.93. The number of nitrogens with one attached hydrogen (secondary N) is 1. The van der Waals surface area contributed by atoms with Gasteiger partial charge < -0.3 is 15.8 Å². The summed E-state index contributed by atoms with van der Waals surface area (Å²) in [6.07, 6.45) is 1.16. The van der Waals surface area contributed by atoms with Gasteiger partial charge in [-0.3, -0.25) is 0 Å². The van der Waals surface area contributed by atoms with Crippen LogP contribution in [0.5, 0.6) is 0 Å². The van der Waals surface area contributed by atoms with Crippen molar-refractivity contribution in [3.05, 3.63) is 35.3 Å². The highest BCUT2D eigenvalue weighted by Crippen LogP contribution is 2.25. The normalized spacial score (nSPS) is 12.8. The monoisotopic (exact) mass is 250 g/mol. The van der Waals surface area contributed by atoms with Crippen LogP contribution in [0.1, 0.15) is 29.4 Å². The van der Waals surface area contributed by atoms with E-state index in [9.17, 15) is 9.18 Å². The van der Waals surface area contributed by atoms with Crippen LogP contribution in [0.25, 0.3) is 10.9 Å². The van der Waals surface area contributed by atoms with Crippen LogP contribution < -0.4 is 5.73 Å². The molecular formula is C13H15FN2O2. The Kier molecular flexibility index (Phi) is 3.34. The third kappa shape index (κ3) is 2.22. The second kappa shape index (κ2) is 4.78. The largest absolute Gasteiger partial charge is 0.477 e. The Morgan fingerprint density at radius 3 is 2.89 bits per heavy atom. The first-order valence-electron chi connectivity index (χ1n) is 5.82. The van der Waals surface area contributed by atoms with E-state index in [0.717, 1.165) is 6.42 Å². The summed E-state index contributed by atoms with van der Waals surface area (Å²) in [5, 5.41) is 9.75. The van der Waals surface area contributed by atoms with Crippen molar-refractivity contribution in [3.63, 3.8) is 0 Å². The average molecular weight is 250 g/mol. The van der Waals surface area contributed by atoms with Crippen LogP contribution in [0.2, 0.25) is 0 Å². The number of carboxylic acid groups (broad SMARTS) is 1. The topological polar surface area (TPSA) is 79.1 Å². The summed E-state index contributed by atoms with van der Waals surface area (Å²) in [5.41, 5.74) is 7.15. The molecule has 0 saturated carbocycles. The molecule has 0 aliphatic carbocycles. The number of aromatic amines is 1. The van der Waals surface area contributed by atoms with E-state index in [2.05, 4.69) is 4.98 Å². The van der Waals surface area contributed by atoms with Crippen molar-refractivity contribution in [2.24, 2.45) is 5.73 Å². The lowest BCUT2D eigenvalue weighted by Gasteiger charge is -2.08. The lowest BCUT2D eigenvalue weighted by Crippen LogP contribution is -2.22. The minimum absolute atomic E-state index is 0.0968. The number of nitrogens with two attached hydrogens (primary N) is 1. The zero-order valence-corrected chi connectivity index (χ0v) is 10.0. The molecule has 0 radical (unpaired) electrons. The molecule has 1 atom stereocenters. The number of carbonyl (C=O) groups is 1. The van der Waals surface area contributed by atoms with Crippen LogP contribution in [0.3, 0.4) is 0 Å². The smallest absolute Gasteiger partial charge is 0.352 e. The van der Waals surface area contributed by atoms with Gasteiger partial charge >= 0.3 is 5.97 Å². The molecule has 0 aliphatic heterocycles. The van der Waals surface area contributed by atoms with Crippen molar-refractivity contribution >= 4 is 16.9 Å². The first-order valence-corrected chi connectivity index (χ1v) is 5.82. The first-order chi connectivity index (χ1) is 8.52. The highest BCUT2D eigenvalue weighted by molar-refractivity contribution is 5.97. The van der Waals surface area contributed by atoms with Gasteiger partial charge in [0.15, 0.2) is 0 Å². The molecule has 96 valence electrons. The van der Waals surface area contributed by atoms with Gasteiger partial charge in [0.2, 0.25) is 0 Å². The van der Waals surface area contributed by atoms with Gasteiger partial charge in [-0.2, -0.15) is 0 Å². The number of halogens is 1. The summed E-state index contributed by atoms with van der Waals surface area (Å²) < 4.78 is 13.3. The summed E-state index contributed by atoms with van der Waals surface area (Å²) in [5.74, 6) is -1.44. The molecule has 0 spiro atoms. The zero-order chi connectivity index (χ0) is 13.3. The van der Waals surface area contributed by atoms with Crippen LogP contribution in [-0.4, -0.2) is 22.1 Å². The zero-order valence-electron chi connectivity index (χ0n) is 10.0. The molecule has 0 amide bonds. The molecule has 1 unspecified atom stereocenters. The van der Waals surface area contributed by atoms with Gasteiger partial charge in [-0.1, -0.05) is 6.92 Å². The van der Waals surface area contributed by atoms with E-state index < -0.39 is 5.97 Å². The molecule has 5 heteroatoms. The Hall–Kier alpha value is -1.88. The highest BCUT2D eigenvalue weighted by atomic mass is 19.1. The number of hydrogen-bond donors (Lipinski definition) is 3. The van der Waals surface area contributed by atoms with Crippen molar-refractivity contribution < 1.29 is 14.3 Å². The lowest BCUT2D eigenvalue weighted by atomic mass is 10.0. The number of H-pyrrole nitrogens is 1. The molecule has 2 aromatic rings. The Morgan fingerprint density at radius 2 is 2.28 bits per heavy atom. The minimum Gasteiger partial charge on any atom is -0.477 e. The molecule has 1 aromatic carbocycles. The van der Waals surface area contributed by atoms with Gasteiger partial charge in [-0.25, -0.2) is 9.18 Å². The Balaban J connectivity index is 2.60. The predicted molar refractivity (Wildman–Crippen MR) is 67.2 cm³/mol. The first kappa shape index (κ1) is 12.6. The molecule has 1 aromatic heterocycles. The van der Waals surface area contributed by atoms with Crippen LogP contribution in [-0.2, 0) is 6.42 Å². The van der Waals surface area contributed by atoms with Crippen molar-refractivity contribution in [1.82, 2.24) is 4.98 Å². The van der Waals surface area contributed by atoms with Gasteiger partial charge in [0.1, 0.15) is 11.5 Å². The maximum atomic E-state index is 13.3. The van der Waals surface area contributed by atoms with Crippen molar-refractivity contribution in [3.8, 4) is 0 Å². The number of hydrogen-bond acceptors (Lipinski definition) is 2. The molecule has 0 aliphatic rings. The molecule has 0 bridgehead atoms. The number of rotatable bonds is 4. The minimum atomic E-state index is -1.05. The van der Waals surface area contributed by atoms with Gasteiger partial charge in [0, 0.05) is 16.9 Å². The second-order valence-corrected chi connectivity index (χ2v) is 4.35. The fourth-order valence-electron chi connectivity index (χ4n) is 2.02. The standard InChI is InChI=1S/C13H15FN2O2/c1-2-8(15)6-10-9-5-7(14)3-4-11(9)16-12(10)13(17)18/h3-5,8,16H,2,6,15H2,1H3,(H,17,18).